The van der Waals surface area contributed by atoms with Gasteiger partial charge in [-0.1, -0.05) is 12.1 Å². The van der Waals surface area contributed by atoms with Crippen molar-refractivity contribution >= 4 is 11.5 Å². The Morgan fingerprint density at radius 3 is 3.05 bits per heavy atom. The fourth-order valence-corrected chi connectivity index (χ4v) is 2.07. The van der Waals surface area contributed by atoms with Crippen molar-refractivity contribution in [3.05, 3.63) is 48.4 Å². The van der Waals surface area contributed by atoms with Crippen molar-refractivity contribution in [1.29, 1.82) is 0 Å². The molecule has 0 bridgehead atoms. The average molecular weight is 284 g/mol. The van der Waals surface area contributed by atoms with E-state index in [1.807, 2.05) is 48.1 Å². The quantitative estimate of drug-likeness (QED) is 0.780. The highest BCUT2D eigenvalue weighted by atomic mass is 16.5. The summed E-state index contributed by atoms with van der Waals surface area (Å²) in [5.41, 5.74) is 1.71. The molecule has 0 amide bonds. The first-order valence-electron chi connectivity index (χ1n) is 6.57. The summed E-state index contributed by atoms with van der Waals surface area (Å²) in [6, 6.07) is 7.72. The molecule has 3 aromatic rings. The van der Waals surface area contributed by atoms with Crippen LogP contribution < -0.4 is 10.1 Å². The standard InChI is InChI=1S/C15H16N4O2/c1-16-13-9-19-7-6-17-14(19)15(18-13)21-12-5-3-4-11(8-12)10-20-2/h3-9,16H,10H2,1-2H3. The number of hydrogen-bond donors (Lipinski definition) is 1. The van der Waals surface area contributed by atoms with Crippen LogP contribution in [0.15, 0.2) is 42.9 Å². The van der Waals surface area contributed by atoms with Crippen molar-refractivity contribution in [1.82, 2.24) is 14.4 Å². The molecule has 0 atom stereocenters. The Morgan fingerprint density at radius 2 is 2.24 bits per heavy atom. The summed E-state index contributed by atoms with van der Waals surface area (Å²) in [7, 11) is 3.48. The number of imidazole rings is 1. The lowest BCUT2D eigenvalue weighted by molar-refractivity contribution is 0.184. The molecule has 1 N–H and O–H groups in total. The van der Waals surface area contributed by atoms with Gasteiger partial charge in [-0.2, -0.15) is 4.98 Å². The van der Waals surface area contributed by atoms with Gasteiger partial charge in [-0.3, -0.25) is 4.40 Å². The van der Waals surface area contributed by atoms with Gasteiger partial charge in [-0.15, -0.1) is 0 Å². The zero-order chi connectivity index (χ0) is 14.7. The van der Waals surface area contributed by atoms with Crippen molar-refractivity contribution in [2.45, 2.75) is 6.61 Å². The Labute approximate surface area is 122 Å². The van der Waals surface area contributed by atoms with E-state index in [0.717, 1.165) is 5.56 Å². The molecule has 0 saturated heterocycles. The zero-order valence-electron chi connectivity index (χ0n) is 11.9. The summed E-state index contributed by atoms with van der Waals surface area (Å²) in [4.78, 5) is 8.69. The molecule has 6 heteroatoms. The number of nitrogens with one attached hydrogen (secondary N) is 1. The molecule has 108 valence electrons. The van der Waals surface area contributed by atoms with Gasteiger partial charge in [0.1, 0.15) is 11.6 Å². The van der Waals surface area contributed by atoms with Crippen LogP contribution in [0.4, 0.5) is 5.82 Å². The Morgan fingerprint density at radius 1 is 1.33 bits per heavy atom. The van der Waals surface area contributed by atoms with Crippen LogP contribution in [0.1, 0.15) is 5.56 Å². The first-order valence-corrected chi connectivity index (χ1v) is 6.57. The molecule has 0 spiro atoms. The second-order valence-electron chi connectivity index (χ2n) is 4.52. The topological polar surface area (TPSA) is 60.7 Å². The maximum Gasteiger partial charge on any atom is 0.265 e. The first-order chi connectivity index (χ1) is 10.3. The number of aromatic nitrogens is 3. The van der Waals surface area contributed by atoms with Crippen LogP contribution in [0.3, 0.4) is 0 Å². The monoisotopic (exact) mass is 284 g/mol. The fourth-order valence-electron chi connectivity index (χ4n) is 2.07. The highest BCUT2D eigenvalue weighted by Gasteiger charge is 2.09. The Kier molecular flexibility index (Phi) is 3.70. The Balaban J connectivity index is 1.97. The molecule has 21 heavy (non-hydrogen) atoms. The van der Waals surface area contributed by atoms with Crippen molar-refractivity contribution in [2.24, 2.45) is 0 Å². The van der Waals surface area contributed by atoms with Gasteiger partial charge in [-0.25, -0.2) is 4.98 Å². The predicted molar refractivity (Wildman–Crippen MR) is 79.8 cm³/mol. The summed E-state index contributed by atoms with van der Waals surface area (Å²) in [5, 5.41) is 3.01. The molecule has 0 aliphatic rings. The molecule has 2 heterocycles. The number of fused-ring (bicyclic) bond motifs is 1. The smallest absolute Gasteiger partial charge is 0.265 e. The summed E-state index contributed by atoms with van der Waals surface area (Å²) in [6.07, 6.45) is 5.42. The highest BCUT2D eigenvalue weighted by molar-refractivity contribution is 5.55. The normalized spacial score (nSPS) is 10.8. The van der Waals surface area contributed by atoms with Gasteiger partial charge >= 0.3 is 0 Å². The van der Waals surface area contributed by atoms with E-state index >= 15 is 0 Å². The van der Waals surface area contributed by atoms with E-state index in [9.17, 15) is 0 Å². The number of hydrogen-bond acceptors (Lipinski definition) is 5. The third-order valence-corrected chi connectivity index (χ3v) is 3.02. The molecule has 0 radical (unpaired) electrons. The van der Waals surface area contributed by atoms with Crippen LogP contribution >= 0.6 is 0 Å². The summed E-state index contributed by atoms with van der Waals surface area (Å²) < 4.78 is 12.9. The van der Waals surface area contributed by atoms with Crippen LogP contribution in [0, 0.1) is 0 Å². The lowest BCUT2D eigenvalue weighted by atomic mass is 10.2. The third kappa shape index (κ3) is 2.80. The molecule has 0 aliphatic carbocycles. The molecular formula is C15H16N4O2. The minimum absolute atomic E-state index is 0.460. The van der Waals surface area contributed by atoms with E-state index < -0.39 is 0 Å². The molecular weight excluding hydrogens is 268 g/mol. The Hall–Kier alpha value is -2.60. The maximum atomic E-state index is 5.89. The third-order valence-electron chi connectivity index (χ3n) is 3.02. The molecule has 3 rings (SSSR count). The fraction of sp³-hybridized carbons (Fsp3) is 0.200. The number of rotatable bonds is 5. The molecule has 0 aliphatic heterocycles. The molecule has 6 nitrogen and oxygen atoms in total. The van der Waals surface area contributed by atoms with Crippen LogP contribution in [0.25, 0.3) is 5.65 Å². The minimum Gasteiger partial charge on any atom is -0.436 e. The predicted octanol–water partition coefficient (Wildman–Crippen LogP) is 2.71. The molecule has 2 aromatic heterocycles. The summed E-state index contributed by atoms with van der Waals surface area (Å²) >= 11 is 0. The minimum atomic E-state index is 0.460. The first kappa shape index (κ1) is 13.4. The maximum absolute atomic E-state index is 5.89. The van der Waals surface area contributed by atoms with Crippen molar-refractivity contribution in [3.63, 3.8) is 0 Å². The SMILES string of the molecule is CNc1cn2ccnc2c(Oc2cccc(COC)c2)n1. The van der Waals surface area contributed by atoms with Crippen molar-refractivity contribution in [2.75, 3.05) is 19.5 Å². The van der Waals surface area contributed by atoms with Crippen LogP contribution in [-0.4, -0.2) is 28.5 Å². The number of ether oxygens (including phenoxy) is 2. The van der Waals surface area contributed by atoms with Crippen LogP contribution in [-0.2, 0) is 11.3 Å². The lowest BCUT2D eigenvalue weighted by Gasteiger charge is -2.09. The number of nitrogens with zero attached hydrogens (tertiary/aromatic N) is 3. The molecule has 1 aromatic carbocycles. The van der Waals surface area contributed by atoms with E-state index in [0.29, 0.717) is 29.7 Å². The number of benzene rings is 1. The number of methoxy groups -OCH3 is 1. The molecule has 0 saturated carbocycles. The van der Waals surface area contributed by atoms with Crippen molar-refractivity contribution in [3.8, 4) is 11.6 Å². The van der Waals surface area contributed by atoms with Gasteiger partial charge in [0.15, 0.2) is 0 Å². The van der Waals surface area contributed by atoms with Gasteiger partial charge in [0.25, 0.3) is 5.88 Å². The van der Waals surface area contributed by atoms with E-state index in [-0.39, 0.29) is 0 Å². The van der Waals surface area contributed by atoms with Crippen LogP contribution in [0.5, 0.6) is 11.6 Å². The highest BCUT2D eigenvalue weighted by Crippen LogP contribution is 2.25. The van der Waals surface area contributed by atoms with Gasteiger partial charge in [0.2, 0.25) is 5.65 Å². The molecule has 0 fully saturated rings. The summed E-state index contributed by atoms with van der Waals surface area (Å²) in [5.74, 6) is 1.88. The van der Waals surface area contributed by atoms with Gasteiger partial charge in [0, 0.05) is 26.6 Å². The number of anilines is 1. The van der Waals surface area contributed by atoms with Gasteiger partial charge in [0.05, 0.1) is 12.8 Å². The van der Waals surface area contributed by atoms with Gasteiger partial charge in [-0.05, 0) is 17.7 Å². The Bertz CT molecular complexity index is 754. The van der Waals surface area contributed by atoms with E-state index in [2.05, 4.69) is 15.3 Å². The van der Waals surface area contributed by atoms with Gasteiger partial charge < -0.3 is 14.8 Å². The van der Waals surface area contributed by atoms with Crippen LogP contribution in [0.2, 0.25) is 0 Å². The average Bonchev–Trinajstić information content (AvgIpc) is 2.96. The zero-order valence-corrected chi connectivity index (χ0v) is 11.9. The lowest BCUT2D eigenvalue weighted by Crippen LogP contribution is -2.00. The van der Waals surface area contributed by atoms with E-state index in [4.69, 9.17) is 9.47 Å². The van der Waals surface area contributed by atoms with Crippen molar-refractivity contribution < 1.29 is 9.47 Å². The largest absolute Gasteiger partial charge is 0.436 e. The molecule has 0 unspecified atom stereocenters. The summed E-state index contributed by atoms with van der Waals surface area (Å²) in [6.45, 7) is 0.542. The van der Waals surface area contributed by atoms with E-state index in [1.165, 1.54) is 0 Å². The second-order valence-corrected chi connectivity index (χ2v) is 4.52. The second kappa shape index (κ2) is 5.80. The van der Waals surface area contributed by atoms with E-state index in [1.54, 1.807) is 13.3 Å².